The maximum atomic E-state index is 11.4. The number of ether oxygens (including phenoxy) is 1. The smallest absolute Gasteiger partial charge is 0.407 e. The monoisotopic (exact) mass is 251 g/mol. The molecule has 0 aromatic heterocycles. The van der Waals surface area contributed by atoms with Crippen LogP contribution in [0, 0.1) is 0 Å². The molecule has 1 aromatic rings. The number of aliphatic hydroxyl groups is 2. The molecule has 2 rings (SSSR count). The zero-order valence-corrected chi connectivity index (χ0v) is 10.0. The van der Waals surface area contributed by atoms with Gasteiger partial charge in [-0.15, -0.1) is 0 Å². The van der Waals surface area contributed by atoms with Crippen molar-refractivity contribution < 1.29 is 19.7 Å². The number of aliphatic hydroxyl groups excluding tert-OH is 1. The molecule has 0 bridgehead atoms. The highest BCUT2D eigenvalue weighted by Gasteiger charge is 2.44. The Morgan fingerprint density at radius 1 is 1.39 bits per heavy atom. The van der Waals surface area contributed by atoms with Crippen LogP contribution in [0.3, 0.4) is 0 Å². The molecule has 0 atom stereocenters. The lowest BCUT2D eigenvalue weighted by molar-refractivity contribution is -0.139. The predicted octanol–water partition coefficient (Wildman–Crippen LogP) is 0.799. The molecule has 5 nitrogen and oxygen atoms in total. The van der Waals surface area contributed by atoms with Gasteiger partial charge in [-0.25, -0.2) is 4.79 Å². The highest BCUT2D eigenvalue weighted by atomic mass is 16.6. The molecular weight excluding hydrogens is 234 g/mol. The van der Waals surface area contributed by atoms with Gasteiger partial charge in [-0.2, -0.15) is 0 Å². The van der Waals surface area contributed by atoms with Gasteiger partial charge in [-0.3, -0.25) is 0 Å². The van der Waals surface area contributed by atoms with Crippen molar-refractivity contribution >= 4 is 6.09 Å². The van der Waals surface area contributed by atoms with E-state index in [0.717, 1.165) is 5.56 Å². The number of rotatable bonds is 4. The summed E-state index contributed by atoms with van der Waals surface area (Å²) in [5, 5.41) is 21.0. The first kappa shape index (κ1) is 12.9. The summed E-state index contributed by atoms with van der Waals surface area (Å²) in [4.78, 5) is 11.4. The molecule has 0 spiro atoms. The molecule has 0 heterocycles. The second-order valence-corrected chi connectivity index (χ2v) is 4.66. The fourth-order valence-corrected chi connectivity index (χ4v) is 1.96. The SMILES string of the molecule is O=C(NCc1ccccc1)OC1CC(O)(CO)C1. The number of nitrogens with one attached hydrogen (secondary N) is 1. The first-order valence-electron chi connectivity index (χ1n) is 5.93. The topological polar surface area (TPSA) is 78.8 Å². The number of carbonyl (C=O) groups excluding carboxylic acids is 1. The van der Waals surface area contributed by atoms with E-state index in [9.17, 15) is 9.90 Å². The number of carbonyl (C=O) groups is 1. The van der Waals surface area contributed by atoms with Crippen LogP contribution in [0.2, 0.25) is 0 Å². The third-order valence-corrected chi connectivity index (χ3v) is 3.06. The summed E-state index contributed by atoms with van der Waals surface area (Å²) in [6.07, 6.45) is -0.216. The van der Waals surface area contributed by atoms with E-state index in [1.165, 1.54) is 0 Å². The molecule has 1 saturated carbocycles. The van der Waals surface area contributed by atoms with Gasteiger partial charge in [0.1, 0.15) is 6.10 Å². The zero-order chi connectivity index (χ0) is 13.0. The molecular formula is C13H17NO4. The van der Waals surface area contributed by atoms with Crippen molar-refractivity contribution in [2.24, 2.45) is 0 Å². The van der Waals surface area contributed by atoms with Crippen molar-refractivity contribution in [2.45, 2.75) is 31.1 Å². The first-order valence-corrected chi connectivity index (χ1v) is 5.93. The van der Waals surface area contributed by atoms with Gasteiger partial charge in [0.25, 0.3) is 0 Å². The third-order valence-electron chi connectivity index (χ3n) is 3.06. The van der Waals surface area contributed by atoms with E-state index in [4.69, 9.17) is 9.84 Å². The Labute approximate surface area is 105 Å². The third kappa shape index (κ3) is 3.21. The lowest BCUT2D eigenvalue weighted by Gasteiger charge is -2.41. The van der Waals surface area contributed by atoms with E-state index in [0.29, 0.717) is 19.4 Å². The van der Waals surface area contributed by atoms with Crippen LogP contribution >= 0.6 is 0 Å². The van der Waals surface area contributed by atoms with Crippen LogP contribution in [0.25, 0.3) is 0 Å². The Hall–Kier alpha value is -1.59. The average molecular weight is 251 g/mol. The Morgan fingerprint density at radius 3 is 2.67 bits per heavy atom. The van der Waals surface area contributed by atoms with Crippen LogP contribution in [0.4, 0.5) is 4.79 Å². The fourth-order valence-electron chi connectivity index (χ4n) is 1.96. The maximum Gasteiger partial charge on any atom is 0.407 e. The second-order valence-electron chi connectivity index (χ2n) is 4.66. The molecule has 0 saturated heterocycles. The fraction of sp³-hybridized carbons (Fsp3) is 0.462. The number of hydrogen-bond donors (Lipinski definition) is 3. The van der Waals surface area contributed by atoms with Crippen molar-refractivity contribution in [1.82, 2.24) is 5.32 Å². The summed E-state index contributed by atoms with van der Waals surface area (Å²) in [5.74, 6) is 0. The summed E-state index contributed by atoms with van der Waals surface area (Å²) in [6, 6.07) is 9.53. The number of hydrogen-bond acceptors (Lipinski definition) is 4. The lowest BCUT2D eigenvalue weighted by atomic mass is 9.78. The van der Waals surface area contributed by atoms with E-state index >= 15 is 0 Å². The van der Waals surface area contributed by atoms with Crippen molar-refractivity contribution in [3.05, 3.63) is 35.9 Å². The quantitative estimate of drug-likeness (QED) is 0.739. The summed E-state index contributed by atoms with van der Waals surface area (Å²) < 4.78 is 5.08. The van der Waals surface area contributed by atoms with E-state index in [-0.39, 0.29) is 12.7 Å². The summed E-state index contributed by atoms with van der Waals surface area (Å²) >= 11 is 0. The molecule has 18 heavy (non-hydrogen) atoms. The molecule has 0 aliphatic heterocycles. The first-order chi connectivity index (χ1) is 8.61. The molecule has 0 radical (unpaired) electrons. The molecule has 1 aromatic carbocycles. The van der Waals surface area contributed by atoms with Crippen LogP contribution in [0.5, 0.6) is 0 Å². The minimum atomic E-state index is -1.07. The van der Waals surface area contributed by atoms with E-state index < -0.39 is 11.7 Å². The van der Waals surface area contributed by atoms with Gasteiger partial charge in [0.2, 0.25) is 0 Å². The van der Waals surface area contributed by atoms with Gasteiger partial charge >= 0.3 is 6.09 Å². The van der Waals surface area contributed by atoms with E-state index in [2.05, 4.69) is 5.32 Å². The van der Waals surface area contributed by atoms with Gasteiger partial charge in [-0.1, -0.05) is 30.3 Å². The molecule has 5 heteroatoms. The summed E-state index contributed by atoms with van der Waals surface area (Å²) in [6.45, 7) is 0.120. The average Bonchev–Trinajstić information content (AvgIpc) is 2.35. The van der Waals surface area contributed by atoms with E-state index in [1.54, 1.807) is 0 Å². The van der Waals surface area contributed by atoms with Gasteiger partial charge < -0.3 is 20.3 Å². The number of benzene rings is 1. The summed E-state index contributed by atoms with van der Waals surface area (Å²) in [7, 11) is 0. The molecule has 3 N–H and O–H groups in total. The Morgan fingerprint density at radius 2 is 2.06 bits per heavy atom. The predicted molar refractivity (Wildman–Crippen MR) is 64.8 cm³/mol. The Balaban J connectivity index is 1.68. The van der Waals surface area contributed by atoms with Crippen molar-refractivity contribution in [3.8, 4) is 0 Å². The van der Waals surface area contributed by atoms with E-state index in [1.807, 2.05) is 30.3 Å². The highest BCUT2D eigenvalue weighted by molar-refractivity contribution is 5.67. The lowest BCUT2D eigenvalue weighted by Crippen LogP contribution is -2.52. The zero-order valence-electron chi connectivity index (χ0n) is 10.0. The van der Waals surface area contributed by atoms with Crippen molar-refractivity contribution in [2.75, 3.05) is 6.61 Å². The second kappa shape index (κ2) is 5.37. The molecule has 98 valence electrons. The van der Waals surface area contributed by atoms with Crippen molar-refractivity contribution in [3.63, 3.8) is 0 Å². The number of alkyl carbamates (subject to hydrolysis) is 1. The maximum absolute atomic E-state index is 11.4. The van der Waals surface area contributed by atoms with Crippen LogP contribution in [-0.2, 0) is 11.3 Å². The highest BCUT2D eigenvalue weighted by Crippen LogP contribution is 2.33. The summed E-state index contributed by atoms with van der Waals surface area (Å²) in [5.41, 5.74) is -0.0698. The Kier molecular flexibility index (Phi) is 3.84. The minimum Gasteiger partial charge on any atom is -0.446 e. The van der Waals surface area contributed by atoms with Gasteiger partial charge in [0, 0.05) is 19.4 Å². The standard InChI is InChI=1S/C13H17NO4/c15-9-13(17)6-11(7-13)18-12(16)14-8-10-4-2-1-3-5-10/h1-5,11,15,17H,6-9H2,(H,14,16). The van der Waals surface area contributed by atoms with Crippen LogP contribution in [0.15, 0.2) is 30.3 Å². The van der Waals surface area contributed by atoms with Gasteiger partial charge in [0.05, 0.1) is 12.2 Å². The number of amides is 1. The molecule has 1 fully saturated rings. The molecule has 1 aliphatic rings. The minimum absolute atomic E-state index is 0.293. The van der Waals surface area contributed by atoms with Crippen molar-refractivity contribution in [1.29, 1.82) is 0 Å². The molecule has 1 amide bonds. The van der Waals surface area contributed by atoms with Gasteiger partial charge in [0.15, 0.2) is 0 Å². The normalized spacial score (nSPS) is 26.2. The van der Waals surface area contributed by atoms with Crippen LogP contribution < -0.4 is 5.32 Å². The van der Waals surface area contributed by atoms with Crippen LogP contribution in [-0.4, -0.2) is 34.6 Å². The molecule has 1 aliphatic carbocycles. The largest absolute Gasteiger partial charge is 0.446 e. The van der Waals surface area contributed by atoms with Crippen LogP contribution in [0.1, 0.15) is 18.4 Å². The van der Waals surface area contributed by atoms with Gasteiger partial charge in [-0.05, 0) is 5.56 Å². The molecule has 0 unspecified atom stereocenters. The Bertz CT molecular complexity index is 401.